The van der Waals surface area contributed by atoms with E-state index in [1.807, 2.05) is 24.3 Å². The lowest BCUT2D eigenvalue weighted by molar-refractivity contribution is -0.143. The second kappa shape index (κ2) is 14.0. The Morgan fingerprint density at radius 1 is 1.05 bits per heavy atom. The van der Waals surface area contributed by atoms with Crippen LogP contribution in [-0.4, -0.2) is 83.2 Å². The molecule has 4 aromatic rings. The summed E-state index contributed by atoms with van der Waals surface area (Å²) >= 11 is 1.42. The van der Waals surface area contributed by atoms with E-state index in [0.717, 1.165) is 20.2 Å². The maximum atomic E-state index is 14.6. The van der Waals surface area contributed by atoms with Crippen molar-refractivity contribution in [2.75, 3.05) is 6.54 Å². The number of amides is 4. The molecule has 2 aromatic carbocycles. The highest BCUT2D eigenvalue weighted by atomic mass is 32.2. The lowest BCUT2D eigenvalue weighted by Crippen LogP contribution is -2.60. The van der Waals surface area contributed by atoms with Crippen LogP contribution in [0.25, 0.3) is 31.1 Å². The zero-order valence-electron chi connectivity index (χ0n) is 32.1. The van der Waals surface area contributed by atoms with Gasteiger partial charge in [0.1, 0.15) is 35.1 Å². The number of carbonyl (C=O) groups excluding carboxylic acids is 4. The molecule has 0 spiro atoms. The largest absolute Gasteiger partial charge is 0.472 e. The van der Waals surface area contributed by atoms with Crippen molar-refractivity contribution in [1.29, 1.82) is 0 Å². The van der Waals surface area contributed by atoms with Crippen LogP contribution in [0.3, 0.4) is 0 Å². The number of halogens is 1. The topological polar surface area (TPSA) is 173 Å². The van der Waals surface area contributed by atoms with Crippen LogP contribution >= 0.6 is 11.3 Å². The van der Waals surface area contributed by atoms with Crippen LogP contribution in [-0.2, 0) is 29.1 Å². The van der Waals surface area contributed by atoms with Crippen molar-refractivity contribution in [3.8, 4) is 5.88 Å². The standard InChI is InChI=1S/C40H46FN5O8S2/c1-8-21-19-40(21,36(49)45-56(51,52)24-14-15-24)44-33(47)28-18-23(20-46(28)35(48)32(38(2,3)4)43-37(50)54-39(5,6)7)53-34-26-12-10-9-11-25(26)31-30(42-34)27-16-13-22(41)17-29(27)55-31/h8-13,16-17,21,23-24,28,32H,1,14-15,18-20H2,2-7H3,(H,43,50)(H,44,47)(H,45,49)/t21-,23?,28+,32-,40-/m1/s1. The summed E-state index contributed by atoms with van der Waals surface area (Å²) in [7, 11) is -3.93. The van der Waals surface area contributed by atoms with Gasteiger partial charge < -0.3 is 25.0 Å². The van der Waals surface area contributed by atoms with Crippen molar-refractivity contribution in [1.82, 2.24) is 25.2 Å². The summed E-state index contributed by atoms with van der Waals surface area (Å²) in [5.74, 6) is -2.81. The van der Waals surface area contributed by atoms with Gasteiger partial charge in [-0.1, -0.05) is 45.0 Å². The van der Waals surface area contributed by atoms with Gasteiger partial charge in [0.05, 0.1) is 22.0 Å². The highest BCUT2D eigenvalue weighted by Crippen LogP contribution is 2.46. The molecule has 56 heavy (non-hydrogen) atoms. The van der Waals surface area contributed by atoms with E-state index < -0.39 is 79.7 Å². The molecule has 4 amide bonds. The molecule has 0 bridgehead atoms. The molecule has 7 rings (SSSR count). The Morgan fingerprint density at radius 2 is 1.75 bits per heavy atom. The summed E-state index contributed by atoms with van der Waals surface area (Å²) in [4.78, 5) is 61.9. The second-order valence-electron chi connectivity index (χ2n) is 17.0. The van der Waals surface area contributed by atoms with E-state index in [-0.39, 0.29) is 31.1 Å². The minimum Gasteiger partial charge on any atom is -0.472 e. The molecule has 298 valence electrons. The maximum absolute atomic E-state index is 14.6. The lowest BCUT2D eigenvalue weighted by atomic mass is 9.85. The van der Waals surface area contributed by atoms with Crippen LogP contribution in [0.5, 0.6) is 5.88 Å². The first-order valence-electron chi connectivity index (χ1n) is 18.6. The Hall–Kier alpha value is -4.83. The number of nitrogens with zero attached hydrogens (tertiary/aromatic N) is 2. The molecule has 3 N–H and O–H groups in total. The third-order valence-electron chi connectivity index (χ3n) is 10.4. The first-order chi connectivity index (χ1) is 26.2. The summed E-state index contributed by atoms with van der Waals surface area (Å²) in [5, 5.41) is 7.10. The maximum Gasteiger partial charge on any atom is 0.408 e. The molecule has 2 aliphatic carbocycles. The molecule has 0 radical (unpaired) electrons. The molecule has 1 unspecified atom stereocenters. The SMILES string of the molecule is C=C[C@@H]1C[C@]1(NC(=O)[C@@H]1CC(Oc2nc3c4ccc(F)cc4sc3c3ccccc23)CN1C(=O)[C@@H](NC(=O)OC(C)(C)C)C(C)(C)C)C(=O)NS(=O)(=O)C1CC1. The Kier molecular flexibility index (Phi) is 9.83. The first kappa shape index (κ1) is 39.4. The summed E-state index contributed by atoms with van der Waals surface area (Å²) in [5.41, 5.74) is -2.67. The molecule has 3 aliphatic rings. The first-order valence-corrected chi connectivity index (χ1v) is 20.9. The van der Waals surface area contributed by atoms with Gasteiger partial charge in [-0.25, -0.2) is 22.6 Å². The lowest BCUT2D eigenvalue weighted by Gasteiger charge is -2.36. The fourth-order valence-electron chi connectivity index (χ4n) is 7.26. The molecule has 3 fully saturated rings. The van der Waals surface area contributed by atoms with Crippen molar-refractivity contribution in [2.45, 2.75) is 102 Å². The van der Waals surface area contributed by atoms with Crippen molar-refractivity contribution >= 4 is 76.3 Å². The molecule has 2 saturated carbocycles. The molecule has 3 heterocycles. The van der Waals surface area contributed by atoms with Crippen LogP contribution in [0.4, 0.5) is 9.18 Å². The minimum atomic E-state index is -3.93. The molecule has 2 aromatic heterocycles. The van der Waals surface area contributed by atoms with E-state index in [2.05, 4.69) is 21.9 Å². The van der Waals surface area contributed by atoms with Crippen molar-refractivity contribution in [3.63, 3.8) is 0 Å². The number of aromatic nitrogens is 1. The zero-order chi connectivity index (χ0) is 40.5. The van der Waals surface area contributed by atoms with Crippen LogP contribution in [0.15, 0.2) is 55.1 Å². The van der Waals surface area contributed by atoms with Crippen LogP contribution in [0, 0.1) is 17.2 Å². The summed E-state index contributed by atoms with van der Waals surface area (Å²) in [6.45, 7) is 14.1. The summed E-state index contributed by atoms with van der Waals surface area (Å²) < 4.78 is 55.5. The monoisotopic (exact) mass is 807 g/mol. The number of benzene rings is 2. The third kappa shape index (κ3) is 7.64. The normalized spacial score (nSPS) is 23.1. The number of pyridine rings is 1. The van der Waals surface area contributed by atoms with Crippen LogP contribution in [0.2, 0.25) is 0 Å². The number of thiophene rings is 1. The van der Waals surface area contributed by atoms with E-state index in [4.69, 9.17) is 14.5 Å². The Bertz CT molecular complexity index is 2400. The van der Waals surface area contributed by atoms with Gasteiger partial charge in [0.25, 0.3) is 5.91 Å². The van der Waals surface area contributed by atoms with Crippen molar-refractivity contribution in [2.24, 2.45) is 11.3 Å². The van der Waals surface area contributed by atoms with Gasteiger partial charge in [-0.15, -0.1) is 17.9 Å². The van der Waals surface area contributed by atoms with E-state index in [1.54, 1.807) is 47.6 Å². The number of ether oxygens (including phenoxy) is 2. The third-order valence-corrected chi connectivity index (χ3v) is 13.4. The van der Waals surface area contributed by atoms with Gasteiger partial charge in [-0.2, -0.15) is 0 Å². The molecule has 5 atom stereocenters. The highest BCUT2D eigenvalue weighted by molar-refractivity contribution is 7.91. The van der Waals surface area contributed by atoms with E-state index in [1.165, 1.54) is 34.4 Å². The zero-order valence-corrected chi connectivity index (χ0v) is 33.7. The van der Waals surface area contributed by atoms with Gasteiger partial charge in [0.15, 0.2) is 0 Å². The summed E-state index contributed by atoms with van der Waals surface area (Å²) in [6.07, 6.45) is 0.862. The molecule has 13 nitrogen and oxygen atoms in total. The highest BCUT2D eigenvalue weighted by Gasteiger charge is 2.62. The number of fused-ring (bicyclic) bond motifs is 5. The van der Waals surface area contributed by atoms with Crippen molar-refractivity contribution in [3.05, 3.63) is 60.9 Å². The number of hydrogen-bond donors (Lipinski definition) is 3. The molecular formula is C40H46FN5O8S2. The number of nitrogens with one attached hydrogen (secondary N) is 3. The van der Waals surface area contributed by atoms with Gasteiger partial charge in [-0.3, -0.25) is 19.1 Å². The molecule has 16 heteroatoms. The predicted molar refractivity (Wildman–Crippen MR) is 211 cm³/mol. The summed E-state index contributed by atoms with van der Waals surface area (Å²) in [6, 6.07) is 9.65. The van der Waals surface area contributed by atoms with E-state index in [9.17, 15) is 32.0 Å². The fourth-order valence-corrected chi connectivity index (χ4v) is 9.83. The van der Waals surface area contributed by atoms with Gasteiger partial charge >= 0.3 is 6.09 Å². The molecule has 1 aliphatic heterocycles. The fraction of sp³-hybridized carbons (Fsp3) is 0.475. The van der Waals surface area contributed by atoms with Crippen LogP contribution < -0.4 is 20.1 Å². The van der Waals surface area contributed by atoms with E-state index in [0.29, 0.717) is 23.7 Å². The number of rotatable bonds is 10. The molecular weight excluding hydrogens is 762 g/mol. The van der Waals surface area contributed by atoms with Crippen molar-refractivity contribution < 1.29 is 41.5 Å². The Morgan fingerprint density at radius 3 is 2.38 bits per heavy atom. The van der Waals surface area contributed by atoms with E-state index >= 15 is 0 Å². The van der Waals surface area contributed by atoms with Crippen LogP contribution in [0.1, 0.15) is 67.2 Å². The number of alkyl carbamates (subject to hydrolysis) is 1. The van der Waals surface area contributed by atoms with Gasteiger partial charge in [0, 0.05) is 33.2 Å². The Labute approximate surface area is 328 Å². The average molecular weight is 808 g/mol. The quantitative estimate of drug-likeness (QED) is 0.170. The minimum absolute atomic E-state index is 0.0264. The smallest absolute Gasteiger partial charge is 0.408 e. The average Bonchev–Trinajstić information content (AvgIpc) is 4.01. The number of carbonyl (C=O) groups is 4. The number of sulfonamides is 1. The predicted octanol–water partition coefficient (Wildman–Crippen LogP) is 5.70. The number of likely N-dealkylation sites (tertiary alicyclic amines) is 1. The van der Waals surface area contributed by atoms with Gasteiger partial charge in [-0.05, 0) is 69.7 Å². The second-order valence-corrected chi connectivity index (χ2v) is 20.0. The molecule has 1 saturated heterocycles. The Balaban J connectivity index is 1.23. The number of hydrogen-bond acceptors (Lipinski definition) is 10. The van der Waals surface area contributed by atoms with Gasteiger partial charge in [0.2, 0.25) is 27.7 Å².